The Labute approximate surface area is 121 Å². The third kappa shape index (κ3) is 4.01. The van der Waals surface area contributed by atoms with E-state index >= 15 is 0 Å². The van der Waals surface area contributed by atoms with Crippen LogP contribution in [0.4, 0.5) is 0 Å². The van der Waals surface area contributed by atoms with Crippen LogP contribution in [0.3, 0.4) is 0 Å². The lowest BCUT2D eigenvalue weighted by atomic mass is 10.1. The summed E-state index contributed by atoms with van der Waals surface area (Å²) in [6.07, 6.45) is 6.46. The number of nitrogens with zero attached hydrogens (tertiary/aromatic N) is 1. The third-order valence-corrected chi connectivity index (χ3v) is 3.89. The van der Waals surface area contributed by atoms with E-state index in [1.165, 1.54) is 17.4 Å². The number of aromatic nitrogens is 1. The molecular weight excluding hydrogens is 272 g/mol. The minimum absolute atomic E-state index is 0.170. The van der Waals surface area contributed by atoms with Gasteiger partial charge in [-0.3, -0.25) is 9.78 Å². The number of carbonyl (C=O) groups is 1. The molecule has 0 bridgehead atoms. The fourth-order valence-electron chi connectivity index (χ4n) is 1.64. The summed E-state index contributed by atoms with van der Waals surface area (Å²) in [5.74, 6) is -0.245. The fourth-order valence-corrected chi connectivity index (χ4v) is 2.42. The fraction of sp³-hybridized carbons (Fsp3) is 0.200. The molecule has 2 N–H and O–H groups in total. The number of rotatable bonds is 5. The van der Waals surface area contributed by atoms with Crippen molar-refractivity contribution in [1.29, 1.82) is 0 Å². The Bertz CT molecular complexity index is 577. The van der Waals surface area contributed by atoms with Gasteiger partial charge >= 0.3 is 0 Å². The van der Waals surface area contributed by atoms with Gasteiger partial charge in [-0.2, -0.15) is 0 Å². The number of thiophene rings is 1. The molecule has 2 aromatic heterocycles. The summed E-state index contributed by atoms with van der Waals surface area (Å²) in [5.41, 5.74) is -0.195. The van der Waals surface area contributed by atoms with Crippen LogP contribution < -0.4 is 5.32 Å². The Morgan fingerprint density at radius 1 is 1.50 bits per heavy atom. The minimum Gasteiger partial charge on any atom is -0.383 e. The molecule has 20 heavy (non-hydrogen) atoms. The van der Waals surface area contributed by atoms with Crippen LogP contribution in [-0.2, 0) is 10.4 Å². The average molecular weight is 288 g/mol. The number of hydrogen-bond donors (Lipinski definition) is 2. The maximum Gasteiger partial charge on any atom is 0.244 e. The van der Waals surface area contributed by atoms with E-state index in [1.807, 2.05) is 23.6 Å². The van der Waals surface area contributed by atoms with Crippen LogP contribution in [0.25, 0.3) is 6.08 Å². The predicted octanol–water partition coefficient (Wildman–Crippen LogP) is 2.18. The molecule has 0 aliphatic heterocycles. The van der Waals surface area contributed by atoms with Crippen LogP contribution in [0.15, 0.2) is 48.1 Å². The van der Waals surface area contributed by atoms with Crippen LogP contribution >= 0.6 is 11.3 Å². The maximum atomic E-state index is 11.7. The van der Waals surface area contributed by atoms with Crippen molar-refractivity contribution >= 4 is 23.3 Å². The van der Waals surface area contributed by atoms with Gasteiger partial charge in [0.15, 0.2) is 0 Å². The van der Waals surface area contributed by atoms with Crippen molar-refractivity contribution in [3.05, 3.63) is 58.6 Å². The summed E-state index contributed by atoms with van der Waals surface area (Å²) >= 11 is 1.46. The summed E-state index contributed by atoms with van der Waals surface area (Å²) in [6, 6.07) is 7.39. The van der Waals surface area contributed by atoms with Crippen molar-refractivity contribution in [3.63, 3.8) is 0 Å². The molecule has 1 amide bonds. The zero-order valence-electron chi connectivity index (χ0n) is 11.1. The Hall–Kier alpha value is -1.98. The Balaban J connectivity index is 1.88. The lowest BCUT2D eigenvalue weighted by Gasteiger charge is -2.21. The van der Waals surface area contributed by atoms with Crippen molar-refractivity contribution in [2.45, 2.75) is 12.5 Å². The number of nitrogens with one attached hydrogen (secondary N) is 1. The second kappa shape index (κ2) is 6.45. The lowest BCUT2D eigenvalue weighted by Crippen LogP contribution is -2.37. The average Bonchev–Trinajstić information content (AvgIpc) is 2.99. The van der Waals surface area contributed by atoms with Crippen LogP contribution in [0.2, 0.25) is 0 Å². The van der Waals surface area contributed by atoms with Crippen LogP contribution in [0.1, 0.15) is 17.4 Å². The van der Waals surface area contributed by atoms with E-state index in [-0.39, 0.29) is 12.5 Å². The van der Waals surface area contributed by atoms with Crippen molar-refractivity contribution in [2.24, 2.45) is 0 Å². The predicted molar refractivity (Wildman–Crippen MR) is 80.2 cm³/mol. The van der Waals surface area contributed by atoms with E-state index in [4.69, 9.17) is 0 Å². The second-order valence-electron chi connectivity index (χ2n) is 4.59. The molecule has 0 saturated heterocycles. The molecule has 0 aliphatic carbocycles. The first kappa shape index (κ1) is 14.4. The van der Waals surface area contributed by atoms with E-state index in [0.29, 0.717) is 0 Å². The molecule has 4 nitrogen and oxygen atoms in total. The van der Waals surface area contributed by atoms with E-state index in [1.54, 1.807) is 31.5 Å². The number of carbonyl (C=O) groups excluding carboxylic acids is 1. The van der Waals surface area contributed by atoms with E-state index in [9.17, 15) is 9.90 Å². The third-order valence-electron chi connectivity index (χ3n) is 2.77. The zero-order chi connectivity index (χ0) is 14.4. The minimum atomic E-state index is -1.05. The van der Waals surface area contributed by atoms with Crippen LogP contribution in [0.5, 0.6) is 0 Å². The molecule has 5 heteroatoms. The number of pyridine rings is 1. The van der Waals surface area contributed by atoms with Crippen molar-refractivity contribution < 1.29 is 9.90 Å². The Morgan fingerprint density at radius 3 is 3.00 bits per heavy atom. The van der Waals surface area contributed by atoms with Gasteiger partial charge in [0.1, 0.15) is 5.60 Å². The standard InChI is InChI=1S/C15H16N2O2S/c1-15(19,13-5-3-9-20-13)11-17-14(18)7-6-12-4-2-8-16-10-12/h2-10,19H,11H2,1H3,(H,17,18). The zero-order valence-corrected chi connectivity index (χ0v) is 11.9. The normalized spacial score (nSPS) is 14.1. The first-order valence-electron chi connectivity index (χ1n) is 6.20. The molecule has 104 valence electrons. The van der Waals surface area contributed by atoms with Gasteiger partial charge in [-0.05, 0) is 36.1 Å². The van der Waals surface area contributed by atoms with Gasteiger partial charge < -0.3 is 10.4 Å². The van der Waals surface area contributed by atoms with Gasteiger partial charge in [-0.1, -0.05) is 12.1 Å². The van der Waals surface area contributed by atoms with Crippen LogP contribution in [-0.4, -0.2) is 22.5 Å². The molecule has 0 aliphatic rings. The highest BCUT2D eigenvalue weighted by Crippen LogP contribution is 2.24. The monoisotopic (exact) mass is 288 g/mol. The summed E-state index contributed by atoms with van der Waals surface area (Å²) in [7, 11) is 0. The summed E-state index contributed by atoms with van der Waals surface area (Å²) in [6.45, 7) is 1.85. The van der Waals surface area contributed by atoms with Gasteiger partial charge in [-0.15, -0.1) is 11.3 Å². The molecule has 1 unspecified atom stereocenters. The molecule has 0 aromatic carbocycles. The summed E-state index contributed by atoms with van der Waals surface area (Å²) in [4.78, 5) is 16.5. The van der Waals surface area contributed by atoms with Gasteiger partial charge in [0.2, 0.25) is 5.91 Å². The molecule has 2 rings (SSSR count). The van der Waals surface area contributed by atoms with Gasteiger partial charge in [-0.25, -0.2) is 0 Å². The van der Waals surface area contributed by atoms with E-state index in [0.717, 1.165) is 10.4 Å². The highest BCUT2D eigenvalue weighted by atomic mass is 32.1. The second-order valence-corrected chi connectivity index (χ2v) is 5.54. The van der Waals surface area contributed by atoms with Gasteiger partial charge in [0.05, 0.1) is 6.54 Å². The molecule has 1 atom stereocenters. The first-order chi connectivity index (χ1) is 9.58. The molecule has 0 radical (unpaired) electrons. The topological polar surface area (TPSA) is 62.2 Å². The molecule has 2 aromatic rings. The van der Waals surface area contributed by atoms with Crippen molar-refractivity contribution in [3.8, 4) is 0 Å². The quantitative estimate of drug-likeness (QED) is 0.829. The highest BCUT2D eigenvalue weighted by molar-refractivity contribution is 7.10. The van der Waals surface area contributed by atoms with Crippen molar-refractivity contribution in [1.82, 2.24) is 10.3 Å². The van der Waals surface area contributed by atoms with E-state index < -0.39 is 5.60 Å². The largest absolute Gasteiger partial charge is 0.383 e. The van der Waals surface area contributed by atoms with Crippen LogP contribution in [0, 0.1) is 0 Å². The number of amides is 1. The highest BCUT2D eigenvalue weighted by Gasteiger charge is 2.24. The van der Waals surface area contributed by atoms with Crippen molar-refractivity contribution in [2.75, 3.05) is 6.54 Å². The number of aliphatic hydroxyl groups is 1. The molecule has 2 heterocycles. The molecule has 0 fully saturated rings. The van der Waals surface area contributed by atoms with Gasteiger partial charge in [0.25, 0.3) is 0 Å². The summed E-state index contributed by atoms with van der Waals surface area (Å²) in [5, 5.41) is 14.9. The Morgan fingerprint density at radius 2 is 2.35 bits per heavy atom. The maximum absolute atomic E-state index is 11.7. The summed E-state index contributed by atoms with van der Waals surface area (Å²) < 4.78 is 0. The van der Waals surface area contributed by atoms with E-state index in [2.05, 4.69) is 10.3 Å². The first-order valence-corrected chi connectivity index (χ1v) is 7.08. The number of hydrogen-bond acceptors (Lipinski definition) is 4. The van der Waals surface area contributed by atoms with Gasteiger partial charge in [0, 0.05) is 23.3 Å². The Kier molecular flexibility index (Phi) is 4.65. The lowest BCUT2D eigenvalue weighted by molar-refractivity contribution is -0.117. The smallest absolute Gasteiger partial charge is 0.244 e. The molecular formula is C15H16N2O2S. The molecule has 0 spiro atoms. The SMILES string of the molecule is CC(O)(CNC(=O)C=Cc1cccnc1)c1cccs1. The molecule has 0 saturated carbocycles.